The normalized spacial score (nSPS) is 11.6. The van der Waals surface area contributed by atoms with Crippen LogP contribution in [0, 0.1) is 0 Å². The summed E-state index contributed by atoms with van der Waals surface area (Å²) in [6, 6.07) is 5.68. The van der Waals surface area contributed by atoms with Crippen LogP contribution in [0.25, 0.3) is 0 Å². The maximum absolute atomic E-state index is 11.3. The Morgan fingerprint density at radius 2 is 2.12 bits per heavy atom. The quantitative estimate of drug-likeness (QED) is 0.492. The average molecular weight is 338 g/mol. The molecule has 1 rings (SSSR count). The molecular formula is C11H16BrNO2S2. The summed E-state index contributed by atoms with van der Waals surface area (Å²) in [5.41, 5.74) is 6.56. The van der Waals surface area contributed by atoms with Crippen LogP contribution in [0.2, 0.25) is 0 Å². The Morgan fingerprint density at radius 1 is 1.41 bits per heavy atom. The number of thioether (sulfide) groups is 1. The van der Waals surface area contributed by atoms with Gasteiger partial charge in [0.1, 0.15) is 9.84 Å². The van der Waals surface area contributed by atoms with Gasteiger partial charge >= 0.3 is 0 Å². The monoisotopic (exact) mass is 337 g/mol. The first-order valence-electron chi connectivity index (χ1n) is 5.33. The number of anilines is 1. The van der Waals surface area contributed by atoms with Gasteiger partial charge in [0, 0.05) is 20.8 Å². The van der Waals surface area contributed by atoms with Crippen LogP contribution in [0.1, 0.15) is 13.3 Å². The van der Waals surface area contributed by atoms with Gasteiger partial charge < -0.3 is 5.73 Å². The first-order chi connectivity index (χ1) is 7.94. The van der Waals surface area contributed by atoms with Crippen molar-refractivity contribution < 1.29 is 8.42 Å². The molecule has 0 heterocycles. The van der Waals surface area contributed by atoms with Crippen molar-refractivity contribution in [3.63, 3.8) is 0 Å². The highest BCUT2D eigenvalue weighted by molar-refractivity contribution is 9.10. The van der Waals surface area contributed by atoms with Crippen LogP contribution in [0.3, 0.4) is 0 Å². The van der Waals surface area contributed by atoms with Crippen molar-refractivity contribution in [2.24, 2.45) is 0 Å². The second-order valence-corrected chi connectivity index (χ2v) is 8.15. The van der Waals surface area contributed by atoms with Gasteiger partial charge in [-0.3, -0.25) is 0 Å². The highest BCUT2D eigenvalue weighted by atomic mass is 79.9. The van der Waals surface area contributed by atoms with Crippen LogP contribution < -0.4 is 5.73 Å². The number of nitrogen functional groups attached to an aromatic ring is 1. The van der Waals surface area contributed by atoms with Crippen molar-refractivity contribution in [1.29, 1.82) is 0 Å². The SMILES string of the molecule is CCS(=O)(=O)CCCSc1cc(Br)ccc1N. The van der Waals surface area contributed by atoms with Crippen molar-refractivity contribution >= 4 is 43.2 Å². The van der Waals surface area contributed by atoms with E-state index in [-0.39, 0.29) is 11.5 Å². The van der Waals surface area contributed by atoms with E-state index < -0.39 is 9.84 Å². The zero-order valence-corrected chi connectivity index (χ0v) is 12.9. The second-order valence-electron chi connectivity index (χ2n) is 3.62. The van der Waals surface area contributed by atoms with Crippen molar-refractivity contribution in [2.75, 3.05) is 23.0 Å². The Bertz CT molecular complexity index is 474. The Balaban J connectivity index is 2.44. The minimum absolute atomic E-state index is 0.219. The van der Waals surface area contributed by atoms with Crippen molar-refractivity contribution in [2.45, 2.75) is 18.2 Å². The van der Waals surface area contributed by atoms with Crippen LogP contribution in [0.5, 0.6) is 0 Å². The summed E-state index contributed by atoms with van der Waals surface area (Å²) in [6.07, 6.45) is 0.660. The van der Waals surface area contributed by atoms with E-state index >= 15 is 0 Å². The maximum atomic E-state index is 11.3. The molecule has 0 aliphatic rings. The van der Waals surface area contributed by atoms with E-state index in [1.54, 1.807) is 18.7 Å². The third-order valence-electron chi connectivity index (χ3n) is 2.27. The third kappa shape index (κ3) is 5.31. The van der Waals surface area contributed by atoms with Crippen molar-refractivity contribution in [3.8, 4) is 0 Å². The Hall–Kier alpha value is -0.200. The van der Waals surface area contributed by atoms with Gasteiger partial charge in [0.05, 0.1) is 5.75 Å². The lowest BCUT2D eigenvalue weighted by Gasteiger charge is -2.06. The Morgan fingerprint density at radius 3 is 2.76 bits per heavy atom. The molecule has 17 heavy (non-hydrogen) atoms. The molecule has 0 bridgehead atoms. The molecule has 0 fully saturated rings. The maximum Gasteiger partial charge on any atom is 0.150 e. The van der Waals surface area contributed by atoms with E-state index in [1.807, 2.05) is 18.2 Å². The van der Waals surface area contributed by atoms with Crippen LogP contribution in [-0.4, -0.2) is 25.7 Å². The summed E-state index contributed by atoms with van der Waals surface area (Å²) in [4.78, 5) is 0.994. The topological polar surface area (TPSA) is 60.2 Å². The molecule has 0 radical (unpaired) electrons. The van der Waals surface area contributed by atoms with Gasteiger partial charge in [0.15, 0.2) is 0 Å². The molecule has 0 atom stereocenters. The van der Waals surface area contributed by atoms with E-state index in [0.717, 1.165) is 20.8 Å². The predicted molar refractivity (Wildman–Crippen MR) is 78.2 cm³/mol. The lowest BCUT2D eigenvalue weighted by molar-refractivity contribution is 0.596. The van der Waals surface area contributed by atoms with E-state index in [9.17, 15) is 8.42 Å². The number of halogens is 1. The second kappa shape index (κ2) is 6.66. The summed E-state index contributed by atoms with van der Waals surface area (Å²) >= 11 is 4.98. The number of rotatable bonds is 6. The van der Waals surface area contributed by atoms with E-state index in [0.29, 0.717) is 6.42 Å². The van der Waals surface area contributed by atoms with Gasteiger partial charge in [-0.05, 0) is 30.4 Å². The fourth-order valence-corrected chi connectivity index (χ4v) is 3.76. The van der Waals surface area contributed by atoms with Crippen LogP contribution in [0.15, 0.2) is 27.6 Å². The molecule has 96 valence electrons. The lowest BCUT2D eigenvalue weighted by atomic mass is 10.3. The minimum atomic E-state index is -2.85. The van der Waals surface area contributed by atoms with E-state index in [4.69, 9.17) is 5.73 Å². The molecule has 0 spiro atoms. The summed E-state index contributed by atoms with van der Waals surface area (Å²) in [5, 5.41) is 0. The number of nitrogens with two attached hydrogens (primary N) is 1. The molecule has 0 aliphatic heterocycles. The minimum Gasteiger partial charge on any atom is -0.398 e. The number of hydrogen-bond acceptors (Lipinski definition) is 4. The van der Waals surface area contributed by atoms with Gasteiger partial charge in [0.25, 0.3) is 0 Å². The molecule has 0 aromatic heterocycles. The summed E-state index contributed by atoms with van der Waals surface area (Å²) < 4.78 is 23.6. The number of benzene rings is 1. The molecule has 1 aromatic rings. The summed E-state index contributed by atoms with van der Waals surface area (Å²) in [6.45, 7) is 1.68. The molecule has 3 nitrogen and oxygen atoms in total. The molecule has 2 N–H and O–H groups in total. The summed E-state index contributed by atoms with van der Waals surface area (Å²) in [7, 11) is -2.85. The molecule has 0 saturated heterocycles. The molecule has 0 aliphatic carbocycles. The number of hydrogen-bond donors (Lipinski definition) is 1. The lowest BCUT2D eigenvalue weighted by Crippen LogP contribution is -2.09. The highest BCUT2D eigenvalue weighted by Crippen LogP contribution is 2.28. The van der Waals surface area contributed by atoms with Gasteiger partial charge in [-0.15, -0.1) is 11.8 Å². The zero-order valence-electron chi connectivity index (χ0n) is 9.65. The van der Waals surface area contributed by atoms with Crippen molar-refractivity contribution in [1.82, 2.24) is 0 Å². The molecule has 0 amide bonds. The fraction of sp³-hybridized carbons (Fsp3) is 0.455. The van der Waals surface area contributed by atoms with Gasteiger partial charge in [0.2, 0.25) is 0 Å². The Labute approximate surface area is 115 Å². The Kier molecular flexibility index (Phi) is 5.82. The molecular weight excluding hydrogens is 322 g/mol. The average Bonchev–Trinajstić information content (AvgIpc) is 2.29. The molecule has 6 heteroatoms. The predicted octanol–water partition coefficient (Wildman–Crippen LogP) is 2.95. The van der Waals surface area contributed by atoms with Gasteiger partial charge in [-0.1, -0.05) is 22.9 Å². The van der Waals surface area contributed by atoms with E-state index in [1.165, 1.54) is 0 Å². The van der Waals surface area contributed by atoms with Gasteiger partial charge in [-0.2, -0.15) is 0 Å². The first kappa shape index (κ1) is 14.9. The highest BCUT2D eigenvalue weighted by Gasteiger charge is 2.07. The fourth-order valence-electron chi connectivity index (χ4n) is 1.24. The smallest absolute Gasteiger partial charge is 0.150 e. The molecule has 1 aromatic carbocycles. The van der Waals surface area contributed by atoms with Crippen LogP contribution >= 0.6 is 27.7 Å². The molecule has 0 saturated carbocycles. The molecule has 0 unspecified atom stereocenters. The number of sulfone groups is 1. The van der Waals surface area contributed by atoms with Crippen LogP contribution in [-0.2, 0) is 9.84 Å². The first-order valence-corrected chi connectivity index (χ1v) is 8.93. The largest absolute Gasteiger partial charge is 0.398 e. The zero-order chi connectivity index (χ0) is 12.9. The third-order valence-corrected chi connectivity index (χ3v) is 5.71. The van der Waals surface area contributed by atoms with Crippen LogP contribution in [0.4, 0.5) is 5.69 Å². The standard InChI is InChI=1S/C11H16BrNO2S2/c1-2-17(14,15)7-3-6-16-11-8-9(12)4-5-10(11)13/h4-5,8H,2-3,6-7,13H2,1H3. The van der Waals surface area contributed by atoms with Gasteiger partial charge in [-0.25, -0.2) is 8.42 Å². The van der Waals surface area contributed by atoms with Crippen molar-refractivity contribution in [3.05, 3.63) is 22.7 Å². The van der Waals surface area contributed by atoms with E-state index in [2.05, 4.69) is 15.9 Å². The summed E-state index contributed by atoms with van der Waals surface area (Å²) in [5.74, 6) is 1.24.